The number of nitrogens with zero attached hydrogens (tertiary/aromatic N) is 5. The monoisotopic (exact) mass is 593 g/mol. The molecule has 0 aliphatic heterocycles. The third-order valence-electron chi connectivity index (χ3n) is 5.71. The fraction of sp³-hybridized carbons (Fsp3) is 0.269. The maximum atomic E-state index is 13.6. The van der Waals surface area contributed by atoms with Crippen LogP contribution in [0.3, 0.4) is 0 Å². The molecule has 216 valence electrons. The number of hydrogen-bond acceptors (Lipinski definition) is 8. The second kappa shape index (κ2) is 12.6. The highest BCUT2D eigenvalue weighted by atomic mass is 35.5. The number of ether oxygens (including phenoxy) is 2. The van der Waals surface area contributed by atoms with E-state index in [-0.39, 0.29) is 46.8 Å². The standard InChI is InChI=1S/C26H24ClF4N7O3/c1-14-6-22(26(29,30)31)37-38(14)23-19(11-33-25(36-23)35-17-4-5-21(28)20(27)8-17)15-7-16(10-32-9-15)24(39)34-18(12-40-2)13-41-3/h4-11,18H,12-13H2,1-3H3,(H,34,39)(H,33,35,36). The van der Waals surface area contributed by atoms with Gasteiger partial charge in [0.1, 0.15) is 5.82 Å². The number of amides is 1. The molecule has 3 aromatic heterocycles. The molecule has 10 nitrogen and oxygen atoms in total. The van der Waals surface area contributed by atoms with Crippen LogP contribution >= 0.6 is 11.6 Å². The molecule has 1 aromatic carbocycles. The predicted molar refractivity (Wildman–Crippen MR) is 142 cm³/mol. The Bertz CT molecular complexity index is 1540. The molecule has 0 atom stereocenters. The number of alkyl halides is 3. The van der Waals surface area contributed by atoms with E-state index in [1.165, 1.54) is 57.9 Å². The Kier molecular flexibility index (Phi) is 9.15. The Morgan fingerprint density at radius 2 is 1.83 bits per heavy atom. The summed E-state index contributed by atoms with van der Waals surface area (Å²) in [4.78, 5) is 25.7. The molecule has 0 radical (unpaired) electrons. The molecule has 0 aliphatic carbocycles. The van der Waals surface area contributed by atoms with Gasteiger partial charge in [0.05, 0.1) is 29.8 Å². The number of pyridine rings is 1. The average Bonchev–Trinajstić information content (AvgIpc) is 3.33. The Balaban J connectivity index is 1.77. The Labute approximate surface area is 236 Å². The fourth-order valence-electron chi connectivity index (χ4n) is 3.84. The van der Waals surface area contributed by atoms with Crippen molar-refractivity contribution >= 4 is 29.1 Å². The summed E-state index contributed by atoms with van der Waals surface area (Å²) in [5.74, 6) is -1.16. The molecule has 4 aromatic rings. The molecule has 41 heavy (non-hydrogen) atoms. The lowest BCUT2D eigenvalue weighted by molar-refractivity contribution is -0.141. The number of carbonyl (C=O) groups excluding carboxylic acids is 1. The van der Waals surface area contributed by atoms with E-state index in [1.54, 1.807) is 0 Å². The van der Waals surface area contributed by atoms with Gasteiger partial charge in [0.2, 0.25) is 5.95 Å². The summed E-state index contributed by atoms with van der Waals surface area (Å²) in [7, 11) is 2.98. The van der Waals surface area contributed by atoms with Crippen LogP contribution in [0.2, 0.25) is 5.02 Å². The van der Waals surface area contributed by atoms with Crippen LogP contribution in [0.4, 0.5) is 29.2 Å². The van der Waals surface area contributed by atoms with E-state index in [4.69, 9.17) is 21.1 Å². The summed E-state index contributed by atoms with van der Waals surface area (Å²) in [6.45, 7) is 1.85. The Morgan fingerprint density at radius 1 is 1.10 bits per heavy atom. The second-order valence-electron chi connectivity index (χ2n) is 8.81. The zero-order valence-electron chi connectivity index (χ0n) is 22.0. The number of hydrogen-bond donors (Lipinski definition) is 2. The summed E-state index contributed by atoms with van der Waals surface area (Å²) in [6.07, 6.45) is -0.598. The molecule has 0 fully saturated rings. The first-order valence-electron chi connectivity index (χ1n) is 12.0. The van der Waals surface area contributed by atoms with Crippen molar-refractivity contribution in [2.24, 2.45) is 0 Å². The highest BCUT2D eigenvalue weighted by Gasteiger charge is 2.35. The van der Waals surface area contributed by atoms with Crippen molar-refractivity contribution in [3.05, 3.63) is 76.7 Å². The Hall–Kier alpha value is -4.14. The van der Waals surface area contributed by atoms with Gasteiger partial charge in [0.15, 0.2) is 11.5 Å². The van der Waals surface area contributed by atoms with Crippen molar-refractivity contribution in [1.29, 1.82) is 0 Å². The molecule has 0 spiro atoms. The van der Waals surface area contributed by atoms with Crippen molar-refractivity contribution in [1.82, 2.24) is 30.0 Å². The fourth-order valence-corrected chi connectivity index (χ4v) is 4.02. The zero-order chi connectivity index (χ0) is 29.7. The Morgan fingerprint density at radius 3 is 2.46 bits per heavy atom. The summed E-state index contributed by atoms with van der Waals surface area (Å²) in [5.41, 5.74) is 0.0970. The summed E-state index contributed by atoms with van der Waals surface area (Å²) >= 11 is 5.86. The summed E-state index contributed by atoms with van der Waals surface area (Å²) < 4.78 is 65.3. The van der Waals surface area contributed by atoms with Crippen molar-refractivity contribution in [3.8, 4) is 16.9 Å². The van der Waals surface area contributed by atoms with E-state index in [9.17, 15) is 22.4 Å². The molecule has 0 saturated carbocycles. The second-order valence-corrected chi connectivity index (χ2v) is 9.22. The largest absolute Gasteiger partial charge is 0.435 e. The van der Waals surface area contributed by atoms with Crippen LogP contribution < -0.4 is 10.6 Å². The van der Waals surface area contributed by atoms with Gasteiger partial charge < -0.3 is 20.1 Å². The van der Waals surface area contributed by atoms with Gasteiger partial charge in [-0.25, -0.2) is 14.1 Å². The van der Waals surface area contributed by atoms with Crippen molar-refractivity contribution < 1.29 is 31.8 Å². The summed E-state index contributed by atoms with van der Waals surface area (Å²) in [5, 5.41) is 9.21. The molecule has 0 saturated heterocycles. The van der Waals surface area contributed by atoms with Crippen molar-refractivity contribution in [3.63, 3.8) is 0 Å². The highest BCUT2D eigenvalue weighted by molar-refractivity contribution is 6.31. The first-order valence-corrected chi connectivity index (χ1v) is 12.4. The van der Waals surface area contributed by atoms with E-state index < -0.39 is 29.6 Å². The number of rotatable bonds is 10. The first kappa shape index (κ1) is 29.8. The van der Waals surface area contributed by atoms with E-state index in [0.29, 0.717) is 11.3 Å². The minimum atomic E-state index is -4.70. The van der Waals surface area contributed by atoms with Gasteiger partial charge in [0.25, 0.3) is 5.91 Å². The maximum absolute atomic E-state index is 13.6. The van der Waals surface area contributed by atoms with E-state index in [0.717, 1.165) is 16.8 Å². The molecule has 0 unspecified atom stereocenters. The SMILES string of the molecule is COCC(COC)NC(=O)c1cncc(-c2cnc(Nc3ccc(F)c(Cl)c3)nc2-n2nc(C(F)(F)F)cc2C)c1. The lowest BCUT2D eigenvalue weighted by Gasteiger charge is -2.17. The van der Waals surface area contributed by atoms with Gasteiger partial charge in [-0.05, 0) is 37.3 Å². The number of nitrogens with one attached hydrogen (secondary N) is 2. The number of benzene rings is 1. The van der Waals surface area contributed by atoms with Crippen LogP contribution in [0.15, 0.2) is 48.9 Å². The average molecular weight is 594 g/mol. The van der Waals surface area contributed by atoms with Gasteiger partial charge in [-0.1, -0.05) is 11.6 Å². The normalized spacial score (nSPS) is 11.6. The number of anilines is 2. The molecule has 0 bridgehead atoms. The molecule has 4 rings (SSSR count). The van der Waals surface area contributed by atoms with Gasteiger partial charge in [-0.15, -0.1) is 0 Å². The molecule has 0 aliphatic rings. The van der Waals surface area contributed by atoms with Crippen LogP contribution in [0.1, 0.15) is 21.7 Å². The predicted octanol–water partition coefficient (Wildman–Crippen LogP) is 4.98. The first-order chi connectivity index (χ1) is 19.5. The van der Waals surface area contributed by atoms with Crippen LogP contribution in [-0.4, -0.2) is 64.1 Å². The highest BCUT2D eigenvalue weighted by Crippen LogP contribution is 2.32. The van der Waals surface area contributed by atoms with Crippen LogP contribution in [0, 0.1) is 12.7 Å². The van der Waals surface area contributed by atoms with E-state index in [2.05, 4.69) is 30.7 Å². The van der Waals surface area contributed by atoms with Crippen LogP contribution in [0.5, 0.6) is 0 Å². The van der Waals surface area contributed by atoms with Gasteiger partial charge in [-0.2, -0.15) is 23.3 Å². The number of methoxy groups -OCH3 is 2. The molecule has 15 heteroatoms. The van der Waals surface area contributed by atoms with Crippen LogP contribution in [0.25, 0.3) is 16.9 Å². The van der Waals surface area contributed by atoms with Crippen LogP contribution in [-0.2, 0) is 15.7 Å². The number of carbonyl (C=O) groups is 1. The van der Waals surface area contributed by atoms with Crippen molar-refractivity contribution in [2.75, 3.05) is 32.8 Å². The molecule has 3 heterocycles. The topological polar surface area (TPSA) is 116 Å². The third-order valence-corrected chi connectivity index (χ3v) is 5.99. The quantitative estimate of drug-likeness (QED) is 0.247. The minimum Gasteiger partial charge on any atom is -0.382 e. The lowest BCUT2D eigenvalue weighted by Crippen LogP contribution is -2.41. The molecular formula is C26H24ClF4N7O3. The number of aryl methyl sites for hydroxylation is 1. The van der Waals surface area contributed by atoms with Gasteiger partial charge in [0, 0.05) is 55.3 Å². The lowest BCUT2D eigenvalue weighted by atomic mass is 10.1. The van der Waals surface area contributed by atoms with Gasteiger partial charge >= 0.3 is 6.18 Å². The minimum absolute atomic E-state index is 0.0280. The zero-order valence-corrected chi connectivity index (χ0v) is 22.7. The molecular weight excluding hydrogens is 570 g/mol. The van der Waals surface area contributed by atoms with Gasteiger partial charge in [-0.3, -0.25) is 9.78 Å². The van der Waals surface area contributed by atoms with E-state index >= 15 is 0 Å². The smallest absolute Gasteiger partial charge is 0.382 e. The van der Waals surface area contributed by atoms with Crippen molar-refractivity contribution in [2.45, 2.75) is 19.1 Å². The third kappa shape index (κ3) is 7.14. The summed E-state index contributed by atoms with van der Waals surface area (Å²) in [6, 6.07) is 5.79. The number of aromatic nitrogens is 5. The number of halogens is 5. The molecule has 2 N–H and O–H groups in total. The molecule has 1 amide bonds. The maximum Gasteiger partial charge on any atom is 0.435 e. The van der Waals surface area contributed by atoms with E-state index in [1.807, 2.05) is 0 Å².